The standard InChI is InChI=1S/C55H62F3N9O7/c1-3-37-41(56)6-5-34-23-36(69)25-39(46(34)37)48-47(58)49-40(27-59-48)50(67-15-4-11-55(31-67)14-22-74-55)62-53(61-49)73-32-54(12-13-54)30-65-16-9-33(10-17-65)28-64-18-20-66(21-19-64)44-24-35(29-68)38(26-42(44)57)52(72)63(2)43-7-8-45(70)60-51(43)71/h5-6,23-27,29,33,43,69H,3-4,7-22,28,30-32H2,1-2H3,(H,60,70,71). The van der Waals surface area contributed by atoms with Gasteiger partial charge in [0.2, 0.25) is 11.8 Å². The van der Waals surface area contributed by atoms with Gasteiger partial charge in [-0.05, 0) is 117 Å². The number of aromatic nitrogens is 3. The predicted molar refractivity (Wildman–Crippen MR) is 271 cm³/mol. The number of piperazine rings is 1. The summed E-state index contributed by atoms with van der Waals surface area (Å²) in [6.45, 7) is 10.4. The number of nitrogens with one attached hydrogen (secondary N) is 1. The van der Waals surface area contributed by atoms with E-state index >= 15 is 13.2 Å². The lowest BCUT2D eigenvalue weighted by Crippen LogP contribution is -2.56. The second-order valence-corrected chi connectivity index (χ2v) is 21.5. The molecule has 7 heterocycles. The third kappa shape index (κ3) is 9.62. The Morgan fingerprint density at radius 1 is 0.946 bits per heavy atom. The highest BCUT2D eigenvalue weighted by Crippen LogP contribution is 2.48. The first-order valence-corrected chi connectivity index (χ1v) is 26.1. The van der Waals surface area contributed by atoms with Gasteiger partial charge in [0.15, 0.2) is 12.1 Å². The number of rotatable bonds is 14. The fourth-order valence-electron chi connectivity index (χ4n) is 12.1. The van der Waals surface area contributed by atoms with Gasteiger partial charge in [-0.1, -0.05) is 13.0 Å². The Morgan fingerprint density at radius 3 is 2.43 bits per heavy atom. The van der Waals surface area contributed by atoms with Crippen molar-refractivity contribution in [3.8, 4) is 23.0 Å². The van der Waals surface area contributed by atoms with E-state index in [9.17, 15) is 24.3 Å². The van der Waals surface area contributed by atoms with E-state index in [1.54, 1.807) is 18.3 Å². The van der Waals surface area contributed by atoms with Crippen LogP contribution >= 0.6 is 0 Å². The zero-order valence-corrected chi connectivity index (χ0v) is 41.9. The third-order valence-electron chi connectivity index (χ3n) is 16.6. The van der Waals surface area contributed by atoms with Gasteiger partial charge in [-0.3, -0.25) is 34.4 Å². The van der Waals surface area contributed by atoms with Crippen molar-refractivity contribution in [2.75, 3.05) is 95.5 Å². The Bertz CT molecular complexity index is 3040. The average molecular weight is 1020 g/mol. The maximum Gasteiger partial charge on any atom is 0.319 e. The summed E-state index contributed by atoms with van der Waals surface area (Å²) in [6.07, 6.45) is 9.50. The summed E-state index contributed by atoms with van der Waals surface area (Å²) in [4.78, 5) is 74.1. The van der Waals surface area contributed by atoms with Crippen LogP contribution in [0, 0.1) is 28.8 Å². The lowest BCUT2D eigenvalue weighted by atomic mass is 9.86. The molecule has 5 saturated heterocycles. The molecule has 1 spiro atoms. The molecule has 16 nitrogen and oxygen atoms in total. The Labute approximate surface area is 427 Å². The van der Waals surface area contributed by atoms with Crippen molar-refractivity contribution in [2.45, 2.75) is 82.8 Å². The number of carbonyl (C=O) groups excluding carboxylic acids is 4. The summed E-state index contributed by atoms with van der Waals surface area (Å²) < 4.78 is 60.8. The number of amides is 3. The highest BCUT2D eigenvalue weighted by Gasteiger charge is 2.46. The first kappa shape index (κ1) is 49.8. The normalized spacial score (nSPS) is 22.5. The molecule has 5 aromatic rings. The number of hydrogen-bond donors (Lipinski definition) is 2. The summed E-state index contributed by atoms with van der Waals surface area (Å²) in [6, 6.07) is 7.59. The van der Waals surface area contributed by atoms with E-state index in [0.29, 0.717) is 98.6 Å². The number of ether oxygens (including phenoxy) is 2. The van der Waals surface area contributed by atoms with Crippen molar-refractivity contribution in [1.82, 2.24) is 35.0 Å². The van der Waals surface area contributed by atoms with Crippen molar-refractivity contribution < 1.29 is 46.9 Å². The first-order chi connectivity index (χ1) is 35.7. The van der Waals surface area contributed by atoms with Crippen LogP contribution in [0.25, 0.3) is 32.9 Å². The molecule has 5 aliphatic heterocycles. The van der Waals surface area contributed by atoms with Crippen molar-refractivity contribution in [2.24, 2.45) is 11.3 Å². The lowest BCUT2D eigenvalue weighted by Gasteiger charge is -2.48. The number of likely N-dealkylation sites (tertiary alicyclic amines) is 1. The van der Waals surface area contributed by atoms with Crippen LogP contribution in [0.3, 0.4) is 0 Å². The summed E-state index contributed by atoms with van der Waals surface area (Å²) in [7, 11) is 1.41. The highest BCUT2D eigenvalue weighted by atomic mass is 19.1. The van der Waals surface area contributed by atoms with Crippen molar-refractivity contribution in [3.05, 3.63) is 76.7 Å². The number of nitrogens with zero attached hydrogens (tertiary/aromatic N) is 8. The van der Waals surface area contributed by atoms with Crippen LogP contribution in [0.4, 0.5) is 24.7 Å². The molecule has 3 amide bonds. The van der Waals surface area contributed by atoms with E-state index in [-0.39, 0.29) is 69.2 Å². The smallest absolute Gasteiger partial charge is 0.319 e. The Morgan fingerprint density at radius 2 is 1.73 bits per heavy atom. The van der Waals surface area contributed by atoms with Crippen LogP contribution < -0.4 is 19.9 Å². The van der Waals surface area contributed by atoms with Crippen LogP contribution in [-0.2, 0) is 20.7 Å². The molecule has 2 atom stereocenters. The topological polar surface area (TPSA) is 174 Å². The molecule has 0 radical (unpaired) electrons. The van der Waals surface area contributed by atoms with Gasteiger partial charge in [0.05, 0.1) is 35.5 Å². The number of phenolic OH excluding ortho intramolecular Hbond substituents is 1. The van der Waals surface area contributed by atoms with Gasteiger partial charge in [0.25, 0.3) is 5.91 Å². The number of fused-ring (bicyclic) bond motifs is 2. The van der Waals surface area contributed by atoms with Crippen LogP contribution in [0.1, 0.15) is 91.0 Å². The van der Waals surface area contributed by atoms with Crippen LogP contribution in [-0.4, -0.2) is 156 Å². The minimum absolute atomic E-state index is 0.0366. The minimum atomic E-state index is -0.902. The van der Waals surface area contributed by atoms with Crippen LogP contribution in [0.5, 0.6) is 11.8 Å². The van der Waals surface area contributed by atoms with Gasteiger partial charge in [-0.2, -0.15) is 9.97 Å². The van der Waals surface area contributed by atoms with Crippen LogP contribution in [0.2, 0.25) is 0 Å². The van der Waals surface area contributed by atoms with E-state index in [2.05, 4.69) is 25.0 Å². The quantitative estimate of drug-likeness (QED) is 0.0892. The fraction of sp³-hybridized carbons (Fsp3) is 0.509. The van der Waals surface area contributed by atoms with Gasteiger partial charge in [0, 0.05) is 95.0 Å². The monoisotopic (exact) mass is 1020 g/mol. The molecule has 1 saturated carbocycles. The summed E-state index contributed by atoms with van der Waals surface area (Å²) in [5.74, 6) is -2.47. The van der Waals surface area contributed by atoms with Gasteiger partial charge < -0.3 is 34.2 Å². The molecule has 3 aromatic carbocycles. The lowest BCUT2D eigenvalue weighted by molar-refractivity contribution is -0.151. The Balaban J connectivity index is 0.727. The number of pyridine rings is 1. The van der Waals surface area contributed by atoms with E-state index in [1.165, 1.54) is 25.2 Å². The molecule has 2 unspecified atom stereocenters. The number of benzene rings is 3. The molecule has 390 valence electrons. The van der Waals surface area contributed by atoms with Crippen molar-refractivity contribution in [3.63, 3.8) is 0 Å². The number of piperidine rings is 3. The molecule has 74 heavy (non-hydrogen) atoms. The van der Waals surface area contributed by atoms with Gasteiger partial charge in [0.1, 0.15) is 40.5 Å². The largest absolute Gasteiger partial charge is 0.508 e. The fourth-order valence-corrected chi connectivity index (χ4v) is 12.1. The molecule has 6 fully saturated rings. The van der Waals surface area contributed by atoms with E-state index in [4.69, 9.17) is 19.4 Å². The van der Waals surface area contributed by atoms with Crippen LogP contribution in [0.15, 0.2) is 42.6 Å². The second kappa shape index (κ2) is 20.0. The number of aryl methyl sites for hydroxylation is 1. The number of halogens is 3. The molecule has 19 heteroatoms. The molecule has 2 N–H and O–H groups in total. The number of hydrogen-bond acceptors (Lipinski definition) is 14. The van der Waals surface area contributed by atoms with E-state index < -0.39 is 41.2 Å². The number of imide groups is 1. The number of likely N-dealkylation sites (N-methyl/N-ethyl adjacent to an activating group) is 1. The summed E-state index contributed by atoms with van der Waals surface area (Å²) in [5, 5.41) is 14.5. The zero-order chi connectivity index (χ0) is 51.5. The predicted octanol–water partition coefficient (Wildman–Crippen LogP) is 6.67. The van der Waals surface area contributed by atoms with E-state index in [0.717, 1.165) is 82.1 Å². The summed E-state index contributed by atoms with van der Waals surface area (Å²) >= 11 is 0. The minimum Gasteiger partial charge on any atom is -0.508 e. The van der Waals surface area contributed by atoms with Crippen molar-refractivity contribution >= 4 is 57.2 Å². The van der Waals surface area contributed by atoms with E-state index in [1.807, 2.05) is 11.8 Å². The maximum absolute atomic E-state index is 17.2. The van der Waals surface area contributed by atoms with Gasteiger partial charge >= 0.3 is 6.01 Å². The Kier molecular flexibility index (Phi) is 13.5. The molecule has 2 aromatic heterocycles. The molecular formula is C55H62F3N9O7. The molecule has 1 aliphatic carbocycles. The molecule has 11 rings (SSSR count). The number of carbonyl (C=O) groups is 4. The van der Waals surface area contributed by atoms with Crippen molar-refractivity contribution in [1.29, 1.82) is 0 Å². The maximum atomic E-state index is 17.2. The Hall–Kier alpha value is -6.44. The SMILES string of the molecule is CCc1c(F)ccc2cc(O)cc(-c3ncc4c(N5CCCC6(CCO6)C5)nc(OCC5(CN6CCC(CN7CCN(c8cc(C=O)c(C(=O)N(C)C9CCC(=O)NC9=O)cc8F)CC7)CC6)CC5)nc4c3F)c12. The molecule has 0 bridgehead atoms. The number of aldehydes is 1. The zero-order valence-electron chi connectivity index (χ0n) is 41.9. The van der Waals surface area contributed by atoms with Gasteiger partial charge in [-0.25, -0.2) is 13.2 Å². The molecule has 6 aliphatic rings. The number of aromatic hydroxyl groups is 1. The number of phenols is 1. The number of anilines is 2. The van der Waals surface area contributed by atoms with Gasteiger partial charge in [-0.15, -0.1) is 0 Å². The summed E-state index contributed by atoms with van der Waals surface area (Å²) in [5.41, 5.74) is 0.493. The average Bonchev–Trinajstić information content (AvgIpc) is 4.17. The highest BCUT2D eigenvalue weighted by molar-refractivity contribution is 6.06. The third-order valence-corrected chi connectivity index (χ3v) is 16.6. The first-order valence-electron chi connectivity index (χ1n) is 26.1. The second-order valence-electron chi connectivity index (χ2n) is 21.5. The molecular weight excluding hydrogens is 956 g/mol.